The minimum Gasteiger partial charge on any atom is -0.508 e. The van der Waals surface area contributed by atoms with Gasteiger partial charge in [0.05, 0.1) is 4.90 Å². The van der Waals surface area contributed by atoms with Crippen LogP contribution in [-0.4, -0.2) is 25.5 Å². The molecule has 0 fully saturated rings. The quantitative estimate of drug-likeness (QED) is 0.875. The van der Waals surface area contributed by atoms with Crippen molar-refractivity contribution in [2.24, 2.45) is 0 Å². The van der Waals surface area contributed by atoms with Gasteiger partial charge in [0.25, 0.3) is 0 Å². The fraction of sp³-hybridized carbons (Fsp3) is 0.250. The third-order valence-electron chi connectivity index (χ3n) is 1.70. The van der Waals surface area contributed by atoms with E-state index in [9.17, 15) is 21.6 Å². The zero-order valence-corrected chi connectivity index (χ0v) is 8.14. The molecule has 0 radical (unpaired) electrons. The van der Waals surface area contributed by atoms with Crippen molar-refractivity contribution in [1.29, 1.82) is 0 Å². The van der Waals surface area contributed by atoms with Crippen molar-refractivity contribution in [3.8, 4) is 5.75 Å². The van der Waals surface area contributed by atoms with E-state index in [1.165, 1.54) is 0 Å². The number of hydrogen-bond acceptors (Lipinski definition) is 3. The molecule has 0 aliphatic carbocycles. The van der Waals surface area contributed by atoms with E-state index < -0.39 is 26.7 Å². The Morgan fingerprint density at radius 1 is 1.20 bits per heavy atom. The molecular weight excluding hydrogens is 233 g/mol. The Bertz CT molecular complexity index is 439. The third-order valence-corrected chi connectivity index (χ3v) is 3.48. The van der Waals surface area contributed by atoms with Gasteiger partial charge in [-0.25, -0.2) is 12.8 Å². The first-order valence-corrected chi connectivity index (χ1v) is 5.27. The normalized spacial score (nSPS) is 12.7. The summed E-state index contributed by atoms with van der Waals surface area (Å²) in [4.78, 5) is -0.733. The SMILES string of the molecule is O=S(=O)(c1ccc(O)cc1)C(F)(F)CF. The van der Waals surface area contributed by atoms with Crippen LogP contribution in [0.4, 0.5) is 13.2 Å². The summed E-state index contributed by atoms with van der Waals surface area (Å²) in [5, 5.41) is 4.39. The summed E-state index contributed by atoms with van der Waals surface area (Å²) in [6, 6.07) is 3.44. The summed E-state index contributed by atoms with van der Waals surface area (Å²) in [6.45, 7) is -2.28. The maximum absolute atomic E-state index is 12.7. The molecule has 0 heterocycles. The van der Waals surface area contributed by atoms with Gasteiger partial charge in [-0.1, -0.05) is 0 Å². The second kappa shape index (κ2) is 3.73. The van der Waals surface area contributed by atoms with Gasteiger partial charge in [-0.05, 0) is 24.3 Å². The first-order valence-electron chi connectivity index (χ1n) is 3.79. The van der Waals surface area contributed by atoms with Crippen molar-refractivity contribution in [2.75, 3.05) is 6.67 Å². The minimum atomic E-state index is -5.02. The Hall–Kier alpha value is -1.24. The molecule has 0 aliphatic rings. The highest BCUT2D eigenvalue weighted by atomic mass is 32.2. The maximum atomic E-state index is 12.7. The van der Waals surface area contributed by atoms with E-state index in [2.05, 4.69) is 0 Å². The second-order valence-electron chi connectivity index (χ2n) is 2.77. The number of phenolic OH excluding ortho intramolecular Hbond substituents is 1. The van der Waals surface area contributed by atoms with Crippen molar-refractivity contribution in [2.45, 2.75) is 10.2 Å². The lowest BCUT2D eigenvalue weighted by Gasteiger charge is -2.12. The van der Waals surface area contributed by atoms with Crippen molar-refractivity contribution < 1.29 is 26.7 Å². The highest BCUT2D eigenvalue weighted by molar-refractivity contribution is 7.92. The topological polar surface area (TPSA) is 54.4 Å². The molecule has 1 aromatic carbocycles. The third kappa shape index (κ3) is 2.06. The summed E-state index contributed by atoms with van der Waals surface area (Å²) >= 11 is 0. The largest absolute Gasteiger partial charge is 0.508 e. The fourth-order valence-corrected chi connectivity index (χ4v) is 1.85. The predicted molar refractivity (Wildman–Crippen MR) is 46.2 cm³/mol. The molecule has 0 atom stereocenters. The van der Waals surface area contributed by atoms with Gasteiger partial charge in [-0.2, -0.15) is 8.78 Å². The van der Waals surface area contributed by atoms with Crippen molar-refractivity contribution >= 4 is 9.84 Å². The van der Waals surface area contributed by atoms with Gasteiger partial charge in [0, 0.05) is 0 Å². The van der Waals surface area contributed by atoms with Crippen LogP contribution in [0.2, 0.25) is 0 Å². The highest BCUT2D eigenvalue weighted by Crippen LogP contribution is 2.30. The number of rotatable bonds is 3. The predicted octanol–water partition coefficient (Wildman–Crippen LogP) is 1.73. The van der Waals surface area contributed by atoms with Gasteiger partial charge >= 0.3 is 5.25 Å². The Balaban J connectivity index is 3.24. The molecule has 15 heavy (non-hydrogen) atoms. The maximum Gasteiger partial charge on any atom is 0.377 e. The molecule has 7 heteroatoms. The van der Waals surface area contributed by atoms with Gasteiger partial charge < -0.3 is 5.11 Å². The van der Waals surface area contributed by atoms with E-state index in [1.54, 1.807) is 0 Å². The lowest BCUT2D eigenvalue weighted by molar-refractivity contribution is 0.0620. The zero-order chi connectivity index (χ0) is 11.7. The van der Waals surface area contributed by atoms with Crippen LogP contribution in [0.25, 0.3) is 0 Å². The van der Waals surface area contributed by atoms with E-state index in [0.717, 1.165) is 24.3 Å². The average Bonchev–Trinajstić information content (AvgIpc) is 2.18. The summed E-state index contributed by atoms with van der Waals surface area (Å²) in [6.07, 6.45) is 0. The Morgan fingerprint density at radius 2 is 1.67 bits per heavy atom. The molecule has 0 aliphatic heterocycles. The molecule has 3 nitrogen and oxygen atoms in total. The molecule has 0 unspecified atom stereocenters. The van der Waals surface area contributed by atoms with Gasteiger partial charge in [0.2, 0.25) is 9.84 Å². The summed E-state index contributed by atoms with van der Waals surface area (Å²) in [5.74, 6) is -0.266. The van der Waals surface area contributed by atoms with Crippen LogP contribution in [0.1, 0.15) is 0 Å². The van der Waals surface area contributed by atoms with Crippen LogP contribution in [-0.2, 0) is 9.84 Å². The number of halogens is 3. The van der Waals surface area contributed by atoms with E-state index in [-0.39, 0.29) is 5.75 Å². The Morgan fingerprint density at radius 3 is 2.07 bits per heavy atom. The molecular formula is C8H7F3O3S. The number of benzene rings is 1. The molecule has 0 bridgehead atoms. The molecule has 1 rings (SSSR count). The smallest absolute Gasteiger partial charge is 0.377 e. The number of aromatic hydroxyl groups is 1. The van der Waals surface area contributed by atoms with Crippen LogP contribution < -0.4 is 0 Å². The van der Waals surface area contributed by atoms with E-state index >= 15 is 0 Å². The number of sulfone groups is 1. The number of hydrogen-bond donors (Lipinski definition) is 1. The van der Waals surface area contributed by atoms with E-state index in [1.807, 2.05) is 0 Å². The molecule has 1 N–H and O–H groups in total. The zero-order valence-electron chi connectivity index (χ0n) is 7.32. The van der Waals surface area contributed by atoms with Crippen LogP contribution in [0.5, 0.6) is 5.75 Å². The standard InChI is InChI=1S/C8H7F3O3S/c9-5-8(10,11)15(13,14)7-3-1-6(12)2-4-7/h1-4,12H,5H2. The Kier molecular flexibility index (Phi) is 2.94. The minimum absolute atomic E-state index is 0.266. The summed E-state index contributed by atoms with van der Waals surface area (Å²) < 4.78 is 59.5. The van der Waals surface area contributed by atoms with E-state index in [0.29, 0.717) is 0 Å². The highest BCUT2D eigenvalue weighted by Gasteiger charge is 2.46. The second-order valence-corrected chi connectivity index (χ2v) is 4.84. The summed E-state index contributed by atoms with van der Waals surface area (Å²) in [7, 11) is -5.02. The molecule has 0 aromatic heterocycles. The number of phenols is 1. The monoisotopic (exact) mass is 240 g/mol. The number of alkyl halides is 3. The molecule has 0 saturated carbocycles. The fourth-order valence-electron chi connectivity index (χ4n) is 0.870. The Labute approximate surface area is 84.1 Å². The van der Waals surface area contributed by atoms with Crippen LogP contribution in [0, 0.1) is 0 Å². The van der Waals surface area contributed by atoms with Gasteiger partial charge in [0.15, 0.2) is 6.67 Å². The molecule has 1 aromatic rings. The average molecular weight is 240 g/mol. The van der Waals surface area contributed by atoms with Crippen molar-refractivity contribution in [3.05, 3.63) is 24.3 Å². The lowest BCUT2D eigenvalue weighted by atomic mass is 10.3. The molecule has 0 amide bonds. The molecule has 84 valence electrons. The van der Waals surface area contributed by atoms with Crippen molar-refractivity contribution in [3.63, 3.8) is 0 Å². The molecule has 0 spiro atoms. The van der Waals surface area contributed by atoms with Gasteiger partial charge in [0.1, 0.15) is 5.75 Å². The van der Waals surface area contributed by atoms with Crippen LogP contribution in [0.15, 0.2) is 29.2 Å². The lowest BCUT2D eigenvalue weighted by Crippen LogP contribution is -2.31. The molecule has 0 saturated heterocycles. The van der Waals surface area contributed by atoms with E-state index in [4.69, 9.17) is 5.11 Å². The van der Waals surface area contributed by atoms with Crippen molar-refractivity contribution in [1.82, 2.24) is 0 Å². The summed E-state index contributed by atoms with van der Waals surface area (Å²) in [5.41, 5.74) is 0. The first kappa shape index (κ1) is 11.8. The van der Waals surface area contributed by atoms with Crippen LogP contribution in [0.3, 0.4) is 0 Å². The van der Waals surface area contributed by atoms with Gasteiger partial charge in [-0.3, -0.25) is 0 Å². The first-order chi connectivity index (χ1) is 6.81. The van der Waals surface area contributed by atoms with Crippen LogP contribution >= 0.6 is 0 Å². The van der Waals surface area contributed by atoms with Gasteiger partial charge in [-0.15, -0.1) is 0 Å².